The molecule has 0 spiro atoms. The van der Waals surface area contributed by atoms with Crippen molar-refractivity contribution in [1.29, 1.82) is 0 Å². The maximum atomic E-state index is 5.20. The van der Waals surface area contributed by atoms with E-state index in [9.17, 15) is 0 Å². The van der Waals surface area contributed by atoms with E-state index in [-0.39, 0.29) is 0 Å². The van der Waals surface area contributed by atoms with E-state index in [0.717, 1.165) is 17.0 Å². The minimum atomic E-state index is 0.815. The number of aryl methyl sites for hydroxylation is 1. The number of rotatable bonds is 1. The van der Waals surface area contributed by atoms with Crippen molar-refractivity contribution in [1.82, 2.24) is 4.98 Å². The molecule has 12 heavy (non-hydrogen) atoms. The molecule has 0 saturated carbocycles. The number of pyridine rings is 1. The number of hydrogen-bond acceptors (Lipinski definition) is 2. The summed E-state index contributed by atoms with van der Waals surface area (Å²) in [5.41, 5.74) is 2.04. The number of hydrogen-bond donors (Lipinski definition) is 0. The van der Waals surface area contributed by atoms with Gasteiger partial charge in [0.2, 0.25) is 0 Å². The van der Waals surface area contributed by atoms with E-state index in [1.807, 2.05) is 37.4 Å². The van der Waals surface area contributed by atoms with Crippen LogP contribution in [0.15, 0.2) is 41.1 Å². The average Bonchev–Trinajstić information content (AvgIpc) is 2.58. The molecule has 0 atom stereocenters. The average molecular weight is 159 g/mol. The van der Waals surface area contributed by atoms with E-state index in [4.69, 9.17) is 4.42 Å². The van der Waals surface area contributed by atoms with Crippen LogP contribution >= 0.6 is 0 Å². The number of aromatic nitrogens is 1. The van der Waals surface area contributed by atoms with E-state index in [1.165, 1.54) is 0 Å². The zero-order chi connectivity index (χ0) is 8.39. The fourth-order valence-corrected chi connectivity index (χ4v) is 1.04. The SMILES string of the molecule is Cc1ccc(-c2ccco2)nc1. The molecule has 2 rings (SSSR count). The van der Waals surface area contributed by atoms with Crippen LogP contribution in [0.1, 0.15) is 5.56 Å². The molecule has 2 heteroatoms. The molecular weight excluding hydrogens is 150 g/mol. The smallest absolute Gasteiger partial charge is 0.152 e. The minimum Gasteiger partial charge on any atom is -0.463 e. The van der Waals surface area contributed by atoms with Gasteiger partial charge in [-0.15, -0.1) is 0 Å². The highest BCUT2D eigenvalue weighted by Crippen LogP contribution is 2.16. The maximum absolute atomic E-state index is 5.20. The van der Waals surface area contributed by atoms with E-state index in [1.54, 1.807) is 6.26 Å². The second-order valence-electron chi connectivity index (χ2n) is 2.70. The zero-order valence-corrected chi connectivity index (χ0v) is 6.82. The Kier molecular flexibility index (Phi) is 1.67. The summed E-state index contributed by atoms with van der Waals surface area (Å²) in [6.07, 6.45) is 3.48. The maximum Gasteiger partial charge on any atom is 0.152 e. The van der Waals surface area contributed by atoms with Gasteiger partial charge in [0.15, 0.2) is 5.76 Å². The van der Waals surface area contributed by atoms with Gasteiger partial charge in [-0.1, -0.05) is 6.07 Å². The molecular formula is C10H9NO. The Morgan fingerprint density at radius 2 is 2.17 bits per heavy atom. The van der Waals surface area contributed by atoms with Crippen molar-refractivity contribution in [3.8, 4) is 11.5 Å². The summed E-state index contributed by atoms with van der Waals surface area (Å²) in [5, 5.41) is 0. The third kappa shape index (κ3) is 1.23. The molecule has 0 bridgehead atoms. The predicted octanol–water partition coefficient (Wildman–Crippen LogP) is 2.65. The van der Waals surface area contributed by atoms with Crippen molar-refractivity contribution in [2.75, 3.05) is 0 Å². The molecule has 2 nitrogen and oxygen atoms in total. The molecule has 0 amide bonds. The quantitative estimate of drug-likeness (QED) is 0.639. The number of nitrogens with zero attached hydrogens (tertiary/aromatic N) is 1. The van der Waals surface area contributed by atoms with Crippen molar-refractivity contribution < 1.29 is 4.42 Å². The first-order valence-corrected chi connectivity index (χ1v) is 3.83. The summed E-state index contributed by atoms with van der Waals surface area (Å²) in [4.78, 5) is 4.23. The van der Waals surface area contributed by atoms with Gasteiger partial charge in [0.25, 0.3) is 0 Å². The molecule has 0 N–H and O–H groups in total. The second kappa shape index (κ2) is 2.81. The second-order valence-corrected chi connectivity index (χ2v) is 2.70. The molecule has 0 radical (unpaired) electrons. The highest BCUT2D eigenvalue weighted by molar-refractivity contribution is 5.51. The molecule has 0 fully saturated rings. The largest absolute Gasteiger partial charge is 0.463 e. The third-order valence-corrected chi connectivity index (χ3v) is 1.68. The van der Waals surface area contributed by atoms with Gasteiger partial charge < -0.3 is 4.42 Å². The van der Waals surface area contributed by atoms with E-state index < -0.39 is 0 Å². The minimum absolute atomic E-state index is 0.815. The van der Waals surface area contributed by atoms with Crippen molar-refractivity contribution in [3.63, 3.8) is 0 Å². The summed E-state index contributed by atoms with van der Waals surface area (Å²) >= 11 is 0. The van der Waals surface area contributed by atoms with Gasteiger partial charge >= 0.3 is 0 Å². The summed E-state index contributed by atoms with van der Waals surface area (Å²) in [5.74, 6) is 0.815. The van der Waals surface area contributed by atoms with Gasteiger partial charge in [-0.05, 0) is 30.7 Å². The van der Waals surface area contributed by atoms with E-state index in [2.05, 4.69) is 4.98 Å². The Balaban J connectivity index is 2.43. The van der Waals surface area contributed by atoms with Gasteiger partial charge in [0.1, 0.15) is 5.69 Å². The third-order valence-electron chi connectivity index (χ3n) is 1.68. The van der Waals surface area contributed by atoms with Gasteiger partial charge in [-0.3, -0.25) is 4.98 Å². The highest BCUT2D eigenvalue weighted by Gasteiger charge is 1.99. The van der Waals surface area contributed by atoms with Crippen LogP contribution in [0.4, 0.5) is 0 Å². The molecule has 0 unspecified atom stereocenters. The van der Waals surface area contributed by atoms with Crippen LogP contribution < -0.4 is 0 Å². The summed E-state index contributed by atoms with van der Waals surface area (Å²) in [7, 11) is 0. The lowest BCUT2D eigenvalue weighted by Crippen LogP contribution is -1.80. The predicted molar refractivity (Wildman–Crippen MR) is 46.7 cm³/mol. The van der Waals surface area contributed by atoms with Gasteiger partial charge in [-0.25, -0.2) is 0 Å². The van der Waals surface area contributed by atoms with Crippen LogP contribution in [-0.4, -0.2) is 4.98 Å². The molecule has 0 aliphatic carbocycles. The van der Waals surface area contributed by atoms with Crippen LogP contribution in [0.5, 0.6) is 0 Å². The topological polar surface area (TPSA) is 26.0 Å². The Morgan fingerprint density at radius 1 is 1.25 bits per heavy atom. The fourth-order valence-electron chi connectivity index (χ4n) is 1.04. The molecule has 0 saturated heterocycles. The lowest BCUT2D eigenvalue weighted by Gasteiger charge is -1.95. The van der Waals surface area contributed by atoms with Crippen molar-refractivity contribution in [2.24, 2.45) is 0 Å². The van der Waals surface area contributed by atoms with Crippen molar-refractivity contribution in [3.05, 3.63) is 42.3 Å². The first kappa shape index (κ1) is 7.10. The molecule has 2 heterocycles. The van der Waals surface area contributed by atoms with Crippen LogP contribution in [0.3, 0.4) is 0 Å². The van der Waals surface area contributed by atoms with Crippen LogP contribution in [0, 0.1) is 6.92 Å². The van der Waals surface area contributed by atoms with Crippen molar-refractivity contribution >= 4 is 0 Å². The first-order valence-electron chi connectivity index (χ1n) is 3.83. The summed E-state index contributed by atoms with van der Waals surface area (Å²) < 4.78 is 5.20. The Morgan fingerprint density at radius 3 is 2.75 bits per heavy atom. The first-order chi connectivity index (χ1) is 5.86. The normalized spacial score (nSPS) is 10.1. The highest BCUT2D eigenvalue weighted by atomic mass is 16.3. The summed E-state index contributed by atoms with van der Waals surface area (Å²) in [6.45, 7) is 2.01. The molecule has 0 aliphatic heterocycles. The molecule has 60 valence electrons. The fraction of sp³-hybridized carbons (Fsp3) is 0.100. The lowest BCUT2D eigenvalue weighted by molar-refractivity contribution is 0.580. The lowest BCUT2D eigenvalue weighted by atomic mass is 10.2. The molecule has 2 aromatic rings. The van der Waals surface area contributed by atoms with Crippen molar-refractivity contribution in [2.45, 2.75) is 6.92 Å². The zero-order valence-electron chi connectivity index (χ0n) is 6.82. The molecule has 2 aromatic heterocycles. The Bertz CT molecular complexity index is 348. The number of furan rings is 1. The van der Waals surface area contributed by atoms with E-state index >= 15 is 0 Å². The van der Waals surface area contributed by atoms with E-state index in [0.29, 0.717) is 0 Å². The van der Waals surface area contributed by atoms with Crippen LogP contribution in [0.2, 0.25) is 0 Å². The van der Waals surface area contributed by atoms with Crippen LogP contribution in [0.25, 0.3) is 11.5 Å². The summed E-state index contributed by atoms with van der Waals surface area (Å²) in [6, 6.07) is 7.73. The van der Waals surface area contributed by atoms with Crippen LogP contribution in [-0.2, 0) is 0 Å². The van der Waals surface area contributed by atoms with Gasteiger partial charge in [-0.2, -0.15) is 0 Å². The molecule has 0 aromatic carbocycles. The standard InChI is InChI=1S/C10H9NO/c1-8-4-5-9(11-7-8)10-3-2-6-12-10/h2-7H,1H3. The molecule has 0 aliphatic rings. The van der Waals surface area contributed by atoms with Gasteiger partial charge in [0, 0.05) is 6.20 Å². The van der Waals surface area contributed by atoms with Gasteiger partial charge in [0.05, 0.1) is 6.26 Å². The Hall–Kier alpha value is -1.57. The monoisotopic (exact) mass is 159 g/mol. The Labute approximate surface area is 70.9 Å².